The highest BCUT2D eigenvalue weighted by molar-refractivity contribution is 14.1. The third-order valence-electron chi connectivity index (χ3n) is 6.49. The maximum atomic E-state index is 13.9. The van der Waals surface area contributed by atoms with E-state index in [4.69, 9.17) is 9.47 Å². The SMILES string of the molecule is CCOC(=O)C1=C(C)N=c2s/c(=C\c3cccc(COc4ccc(I)cc4I)c3)c(=O)n2[C@@H]1c1ccc(SC)cc1. The van der Waals surface area contributed by atoms with Crippen LogP contribution >= 0.6 is 68.3 Å². The Kier molecular flexibility index (Phi) is 9.72. The van der Waals surface area contributed by atoms with Gasteiger partial charge in [-0.1, -0.05) is 41.7 Å². The number of carbonyl (C=O) groups is 1. The molecule has 0 amide bonds. The van der Waals surface area contributed by atoms with Crippen molar-refractivity contribution in [3.63, 3.8) is 0 Å². The van der Waals surface area contributed by atoms with Gasteiger partial charge in [-0.25, -0.2) is 9.79 Å². The molecule has 0 saturated carbocycles. The van der Waals surface area contributed by atoms with E-state index in [1.807, 2.05) is 73.0 Å². The fraction of sp³-hybridized carbons (Fsp3) is 0.194. The van der Waals surface area contributed by atoms with Crippen LogP contribution in [0.1, 0.15) is 36.6 Å². The Labute approximate surface area is 273 Å². The second-order valence-corrected chi connectivity index (χ2v) is 13.5. The summed E-state index contributed by atoms with van der Waals surface area (Å²) in [5.74, 6) is 0.375. The summed E-state index contributed by atoms with van der Waals surface area (Å²) in [7, 11) is 0. The van der Waals surface area contributed by atoms with Crippen molar-refractivity contribution in [1.82, 2.24) is 4.57 Å². The predicted molar refractivity (Wildman–Crippen MR) is 181 cm³/mol. The first-order valence-corrected chi connectivity index (χ1v) is 17.0. The quantitative estimate of drug-likeness (QED) is 0.119. The first kappa shape index (κ1) is 30.1. The fourth-order valence-corrected chi connectivity index (χ4v) is 7.78. The van der Waals surface area contributed by atoms with Crippen LogP contribution in [0.5, 0.6) is 5.75 Å². The molecule has 0 radical (unpaired) electrons. The largest absolute Gasteiger partial charge is 0.488 e. The van der Waals surface area contributed by atoms with Crippen molar-refractivity contribution in [3.05, 3.63) is 122 Å². The van der Waals surface area contributed by atoms with Crippen LogP contribution in [0.4, 0.5) is 0 Å². The van der Waals surface area contributed by atoms with E-state index < -0.39 is 12.0 Å². The molecule has 0 N–H and O–H groups in total. The van der Waals surface area contributed by atoms with E-state index >= 15 is 0 Å². The highest BCUT2D eigenvalue weighted by atomic mass is 127. The van der Waals surface area contributed by atoms with E-state index in [0.29, 0.717) is 27.2 Å². The molecular formula is C31H26I2N2O4S2. The Morgan fingerprint density at radius 2 is 1.90 bits per heavy atom. The number of thiazole rings is 1. The average molecular weight is 809 g/mol. The van der Waals surface area contributed by atoms with Crippen molar-refractivity contribution in [2.75, 3.05) is 12.9 Å². The van der Waals surface area contributed by atoms with Gasteiger partial charge in [-0.15, -0.1) is 11.8 Å². The third-order valence-corrected chi connectivity index (χ3v) is 9.73. The molecule has 41 heavy (non-hydrogen) atoms. The van der Waals surface area contributed by atoms with Gasteiger partial charge in [0, 0.05) is 8.47 Å². The standard InChI is InChI=1S/C31H26I2N2O4S2/c1-4-38-30(37)27-18(2)34-31-35(28(27)21-8-11-23(40-3)12-9-21)29(36)26(41-31)15-19-6-5-7-20(14-19)17-39-25-13-10-22(32)16-24(25)33/h5-16,28H,4,17H2,1-3H3/b26-15-/t28-/m1/s1. The molecule has 3 aromatic carbocycles. The first-order valence-electron chi connectivity index (χ1n) is 12.8. The van der Waals surface area contributed by atoms with Gasteiger partial charge in [0.2, 0.25) is 0 Å². The highest BCUT2D eigenvalue weighted by Crippen LogP contribution is 2.31. The zero-order valence-electron chi connectivity index (χ0n) is 22.5. The van der Waals surface area contributed by atoms with Crippen LogP contribution in [0.15, 0.2) is 92.7 Å². The molecule has 4 aromatic rings. The number of halogens is 2. The lowest BCUT2D eigenvalue weighted by Gasteiger charge is -2.24. The number of esters is 1. The van der Waals surface area contributed by atoms with E-state index in [0.717, 1.165) is 34.5 Å². The summed E-state index contributed by atoms with van der Waals surface area (Å²) in [6.45, 7) is 4.21. The minimum absolute atomic E-state index is 0.197. The van der Waals surface area contributed by atoms with Crippen molar-refractivity contribution in [3.8, 4) is 5.75 Å². The lowest BCUT2D eigenvalue weighted by molar-refractivity contribution is -0.139. The minimum atomic E-state index is -0.625. The Bertz CT molecular complexity index is 1830. The lowest BCUT2D eigenvalue weighted by Crippen LogP contribution is -2.39. The number of allylic oxidation sites excluding steroid dienone is 1. The molecule has 1 aliphatic rings. The van der Waals surface area contributed by atoms with Crippen molar-refractivity contribution in [2.24, 2.45) is 4.99 Å². The van der Waals surface area contributed by atoms with E-state index in [1.165, 1.54) is 11.3 Å². The fourth-order valence-electron chi connectivity index (χ4n) is 4.57. The smallest absolute Gasteiger partial charge is 0.338 e. The zero-order valence-corrected chi connectivity index (χ0v) is 28.5. The number of fused-ring (bicyclic) bond motifs is 1. The molecular weight excluding hydrogens is 782 g/mol. The zero-order chi connectivity index (χ0) is 29.1. The van der Waals surface area contributed by atoms with Gasteiger partial charge >= 0.3 is 5.97 Å². The summed E-state index contributed by atoms with van der Waals surface area (Å²) in [5.41, 5.74) is 3.45. The number of benzene rings is 3. The number of rotatable bonds is 8. The molecule has 0 saturated heterocycles. The lowest BCUT2D eigenvalue weighted by atomic mass is 9.96. The number of aromatic nitrogens is 1. The molecule has 0 unspecified atom stereocenters. The van der Waals surface area contributed by atoms with Crippen LogP contribution in [0, 0.1) is 7.14 Å². The van der Waals surface area contributed by atoms with Crippen molar-refractivity contribution >= 4 is 80.3 Å². The average Bonchev–Trinajstić information content (AvgIpc) is 3.26. The van der Waals surface area contributed by atoms with Gasteiger partial charge in [-0.3, -0.25) is 9.36 Å². The molecule has 210 valence electrons. The summed E-state index contributed by atoms with van der Waals surface area (Å²) in [6.07, 6.45) is 3.88. The maximum absolute atomic E-state index is 13.9. The van der Waals surface area contributed by atoms with E-state index in [-0.39, 0.29) is 12.2 Å². The van der Waals surface area contributed by atoms with Gasteiger partial charge in [-0.2, -0.15) is 0 Å². The van der Waals surface area contributed by atoms with Crippen molar-refractivity contribution in [2.45, 2.75) is 31.4 Å². The second kappa shape index (κ2) is 13.3. The number of nitrogens with zero attached hydrogens (tertiary/aromatic N) is 2. The number of thioether (sulfide) groups is 1. The summed E-state index contributed by atoms with van der Waals surface area (Å²) >= 11 is 7.52. The predicted octanol–water partition coefficient (Wildman–Crippen LogP) is 6.31. The Morgan fingerprint density at radius 3 is 2.61 bits per heavy atom. The topological polar surface area (TPSA) is 69.9 Å². The molecule has 10 heteroatoms. The summed E-state index contributed by atoms with van der Waals surface area (Å²) in [4.78, 5) is 33.3. The van der Waals surface area contributed by atoms with Gasteiger partial charge in [0.15, 0.2) is 4.80 Å². The van der Waals surface area contributed by atoms with Crippen LogP contribution in [0.3, 0.4) is 0 Å². The van der Waals surface area contributed by atoms with Crippen LogP contribution < -0.4 is 19.6 Å². The van der Waals surface area contributed by atoms with Crippen LogP contribution in [0.25, 0.3) is 6.08 Å². The minimum Gasteiger partial charge on any atom is -0.488 e. The van der Waals surface area contributed by atoms with Gasteiger partial charge in [0.1, 0.15) is 12.4 Å². The van der Waals surface area contributed by atoms with E-state index in [2.05, 4.69) is 56.2 Å². The summed E-state index contributed by atoms with van der Waals surface area (Å²) < 4.78 is 15.8. The summed E-state index contributed by atoms with van der Waals surface area (Å²) in [5, 5.41) is 0. The van der Waals surface area contributed by atoms with E-state index in [9.17, 15) is 9.59 Å². The highest BCUT2D eigenvalue weighted by Gasteiger charge is 2.33. The molecule has 0 spiro atoms. The van der Waals surface area contributed by atoms with Gasteiger partial charge in [0.25, 0.3) is 5.56 Å². The van der Waals surface area contributed by atoms with Crippen LogP contribution in [-0.2, 0) is 16.1 Å². The number of ether oxygens (including phenoxy) is 2. The van der Waals surface area contributed by atoms with Crippen LogP contribution in [-0.4, -0.2) is 23.4 Å². The normalized spacial score (nSPS) is 15.0. The molecule has 5 rings (SSSR count). The number of carbonyl (C=O) groups excluding carboxylic acids is 1. The Balaban J connectivity index is 1.53. The van der Waals surface area contributed by atoms with Gasteiger partial charge in [-0.05, 0) is 124 Å². The Hall–Kier alpha value is -2.42. The molecule has 1 atom stereocenters. The molecule has 0 fully saturated rings. The third kappa shape index (κ3) is 6.65. The molecule has 1 aliphatic heterocycles. The first-order chi connectivity index (χ1) is 19.8. The van der Waals surface area contributed by atoms with Gasteiger partial charge < -0.3 is 9.47 Å². The number of hydrogen-bond donors (Lipinski definition) is 0. The number of hydrogen-bond acceptors (Lipinski definition) is 7. The molecule has 1 aromatic heterocycles. The summed E-state index contributed by atoms with van der Waals surface area (Å²) in [6, 6.07) is 21.3. The monoisotopic (exact) mass is 808 g/mol. The molecule has 0 aliphatic carbocycles. The van der Waals surface area contributed by atoms with Crippen molar-refractivity contribution in [1.29, 1.82) is 0 Å². The molecule has 0 bridgehead atoms. The molecule has 6 nitrogen and oxygen atoms in total. The van der Waals surface area contributed by atoms with Crippen LogP contribution in [0.2, 0.25) is 0 Å². The maximum Gasteiger partial charge on any atom is 0.338 e. The molecule has 2 heterocycles. The Morgan fingerprint density at radius 1 is 1.12 bits per heavy atom. The van der Waals surface area contributed by atoms with Gasteiger partial charge in [0.05, 0.1) is 32.0 Å². The van der Waals surface area contributed by atoms with E-state index in [1.54, 1.807) is 30.2 Å². The second-order valence-electron chi connectivity index (χ2n) is 9.18. The van der Waals surface area contributed by atoms with Crippen molar-refractivity contribution < 1.29 is 14.3 Å².